The van der Waals surface area contributed by atoms with Crippen molar-refractivity contribution in [2.45, 2.75) is 44.2 Å². The van der Waals surface area contributed by atoms with Gasteiger partial charge in [0, 0.05) is 29.7 Å². The van der Waals surface area contributed by atoms with Crippen LogP contribution in [0.2, 0.25) is 0 Å². The van der Waals surface area contributed by atoms with Gasteiger partial charge in [0.1, 0.15) is 17.5 Å². The quantitative estimate of drug-likeness (QED) is 0.526. The van der Waals surface area contributed by atoms with E-state index < -0.39 is 0 Å². The van der Waals surface area contributed by atoms with Gasteiger partial charge >= 0.3 is 0 Å². The van der Waals surface area contributed by atoms with Gasteiger partial charge in [0.25, 0.3) is 0 Å². The molecule has 0 saturated heterocycles. The van der Waals surface area contributed by atoms with Crippen LogP contribution in [0.15, 0.2) is 36.7 Å². The zero-order valence-corrected chi connectivity index (χ0v) is 15.7. The molecule has 1 fully saturated rings. The Morgan fingerprint density at radius 3 is 2.86 bits per heavy atom. The van der Waals surface area contributed by atoms with Gasteiger partial charge in [-0.3, -0.25) is 0 Å². The molecule has 0 unspecified atom stereocenters. The van der Waals surface area contributed by atoms with E-state index in [4.69, 9.17) is 0 Å². The molecular weight excluding hydrogens is 352 g/mol. The lowest BCUT2D eigenvalue weighted by Crippen LogP contribution is -2.29. The Hall–Kier alpha value is -3.11. The summed E-state index contributed by atoms with van der Waals surface area (Å²) in [5.41, 5.74) is 2.82. The third-order valence-electron chi connectivity index (χ3n) is 5.30. The molecular formula is C21H24N6O. The second-order valence-electron chi connectivity index (χ2n) is 7.25. The molecule has 144 valence electrons. The fourth-order valence-corrected chi connectivity index (χ4v) is 3.72. The molecule has 0 bridgehead atoms. The number of fused-ring (bicyclic) bond motifs is 1. The number of aromatic nitrogens is 3. The van der Waals surface area contributed by atoms with Crippen molar-refractivity contribution in [3.63, 3.8) is 0 Å². The molecule has 3 aromatic rings. The summed E-state index contributed by atoms with van der Waals surface area (Å²) in [6.45, 7) is 0.697. The van der Waals surface area contributed by atoms with E-state index in [1.807, 2.05) is 18.3 Å². The van der Waals surface area contributed by atoms with Crippen LogP contribution in [0.3, 0.4) is 0 Å². The zero-order chi connectivity index (χ0) is 19.3. The number of benzene rings is 1. The molecule has 2 aromatic heterocycles. The normalized spacial score (nSPS) is 19.3. The van der Waals surface area contributed by atoms with Crippen molar-refractivity contribution in [1.82, 2.24) is 15.0 Å². The third kappa shape index (κ3) is 4.07. The number of aromatic amines is 1. The highest BCUT2D eigenvalue weighted by atomic mass is 16.3. The van der Waals surface area contributed by atoms with E-state index in [0.29, 0.717) is 23.9 Å². The van der Waals surface area contributed by atoms with Crippen LogP contribution in [0.25, 0.3) is 10.9 Å². The largest absolute Gasteiger partial charge is 0.393 e. The SMILES string of the molecule is N#Cc1cnc(NCCc2c[nH]c3ccccc23)nc1N[C@H]1CC[C@@H](O)CC1. The number of anilines is 2. The molecule has 0 atom stereocenters. The number of nitrogens with one attached hydrogen (secondary N) is 3. The number of rotatable bonds is 6. The first kappa shape index (κ1) is 18.3. The number of aliphatic hydroxyl groups is 1. The Bertz CT molecular complexity index is 984. The van der Waals surface area contributed by atoms with Crippen molar-refractivity contribution in [2.24, 2.45) is 0 Å². The summed E-state index contributed by atoms with van der Waals surface area (Å²) in [6, 6.07) is 10.6. The second kappa shape index (κ2) is 8.28. The van der Waals surface area contributed by atoms with Crippen LogP contribution < -0.4 is 10.6 Å². The minimum atomic E-state index is -0.208. The lowest BCUT2D eigenvalue weighted by atomic mass is 9.93. The second-order valence-corrected chi connectivity index (χ2v) is 7.25. The van der Waals surface area contributed by atoms with Crippen LogP contribution in [-0.2, 0) is 6.42 Å². The number of nitrogens with zero attached hydrogens (tertiary/aromatic N) is 3. The Morgan fingerprint density at radius 2 is 2.04 bits per heavy atom. The zero-order valence-electron chi connectivity index (χ0n) is 15.7. The Morgan fingerprint density at radius 1 is 1.21 bits per heavy atom. The molecule has 1 saturated carbocycles. The van der Waals surface area contributed by atoms with Gasteiger partial charge in [-0.1, -0.05) is 18.2 Å². The maximum Gasteiger partial charge on any atom is 0.224 e. The first-order valence-corrected chi connectivity index (χ1v) is 9.73. The fraction of sp³-hybridized carbons (Fsp3) is 0.381. The summed E-state index contributed by atoms with van der Waals surface area (Å²) in [7, 11) is 0. The lowest BCUT2D eigenvalue weighted by Gasteiger charge is -2.26. The van der Waals surface area contributed by atoms with Crippen molar-refractivity contribution >= 4 is 22.7 Å². The van der Waals surface area contributed by atoms with Gasteiger partial charge in [-0.25, -0.2) is 4.98 Å². The molecule has 1 aliphatic rings. The van der Waals surface area contributed by atoms with Crippen LogP contribution in [0.5, 0.6) is 0 Å². The number of para-hydroxylation sites is 1. The van der Waals surface area contributed by atoms with Gasteiger partial charge < -0.3 is 20.7 Å². The van der Waals surface area contributed by atoms with Crippen LogP contribution in [0, 0.1) is 11.3 Å². The Balaban J connectivity index is 1.40. The Kier molecular flexibility index (Phi) is 5.40. The average molecular weight is 376 g/mol. The summed E-state index contributed by atoms with van der Waals surface area (Å²) < 4.78 is 0. The van der Waals surface area contributed by atoms with Gasteiger partial charge in [0.15, 0.2) is 0 Å². The van der Waals surface area contributed by atoms with E-state index in [-0.39, 0.29) is 12.1 Å². The summed E-state index contributed by atoms with van der Waals surface area (Å²) in [5.74, 6) is 1.07. The number of hydrogen-bond acceptors (Lipinski definition) is 6. The highest BCUT2D eigenvalue weighted by Gasteiger charge is 2.20. The van der Waals surface area contributed by atoms with Gasteiger partial charge in [0.2, 0.25) is 5.95 Å². The van der Waals surface area contributed by atoms with Crippen molar-refractivity contribution in [3.05, 3.63) is 47.8 Å². The average Bonchev–Trinajstić information content (AvgIpc) is 3.13. The maximum absolute atomic E-state index is 9.66. The molecule has 28 heavy (non-hydrogen) atoms. The first-order chi connectivity index (χ1) is 13.7. The molecule has 1 aliphatic carbocycles. The van der Waals surface area contributed by atoms with Crippen molar-refractivity contribution < 1.29 is 5.11 Å². The van der Waals surface area contributed by atoms with Crippen LogP contribution in [-0.4, -0.2) is 38.7 Å². The number of nitriles is 1. The van der Waals surface area contributed by atoms with Crippen LogP contribution >= 0.6 is 0 Å². The van der Waals surface area contributed by atoms with Gasteiger partial charge in [-0.15, -0.1) is 0 Å². The standard InChI is InChI=1S/C21H24N6O/c22-11-15-13-25-21(27-20(15)26-16-5-7-17(28)8-6-16)23-10-9-14-12-24-19-4-2-1-3-18(14)19/h1-4,12-13,16-17,24,28H,5-10H2,(H2,23,25,26,27)/t16-,17+. The summed E-state index contributed by atoms with van der Waals surface area (Å²) in [4.78, 5) is 12.1. The van der Waals surface area contributed by atoms with E-state index in [2.05, 4.69) is 43.8 Å². The smallest absolute Gasteiger partial charge is 0.224 e. The monoisotopic (exact) mass is 376 g/mol. The number of H-pyrrole nitrogens is 1. The predicted octanol–water partition coefficient (Wildman–Crippen LogP) is 3.20. The maximum atomic E-state index is 9.66. The van der Waals surface area contributed by atoms with Gasteiger partial charge in [-0.2, -0.15) is 10.2 Å². The molecule has 0 amide bonds. The number of aliphatic hydroxyl groups excluding tert-OH is 1. The molecule has 7 heteroatoms. The van der Waals surface area contributed by atoms with Crippen LogP contribution in [0.4, 0.5) is 11.8 Å². The minimum Gasteiger partial charge on any atom is -0.393 e. The highest BCUT2D eigenvalue weighted by molar-refractivity contribution is 5.83. The highest BCUT2D eigenvalue weighted by Crippen LogP contribution is 2.23. The molecule has 7 nitrogen and oxygen atoms in total. The molecule has 0 aliphatic heterocycles. The van der Waals surface area contributed by atoms with Gasteiger partial charge in [-0.05, 0) is 43.7 Å². The van der Waals surface area contributed by atoms with Crippen LogP contribution in [0.1, 0.15) is 36.8 Å². The van der Waals surface area contributed by atoms with Gasteiger partial charge in [0.05, 0.1) is 12.3 Å². The molecule has 0 spiro atoms. The van der Waals surface area contributed by atoms with E-state index in [1.165, 1.54) is 10.9 Å². The van der Waals surface area contributed by atoms with Crippen molar-refractivity contribution in [3.8, 4) is 6.07 Å². The van der Waals surface area contributed by atoms with Crippen molar-refractivity contribution in [2.75, 3.05) is 17.2 Å². The summed E-state index contributed by atoms with van der Waals surface area (Å²) >= 11 is 0. The summed E-state index contributed by atoms with van der Waals surface area (Å²) in [6.07, 6.45) is 7.54. The van der Waals surface area contributed by atoms with E-state index in [0.717, 1.165) is 37.6 Å². The minimum absolute atomic E-state index is 0.208. The molecule has 2 heterocycles. The molecule has 4 rings (SSSR count). The van der Waals surface area contributed by atoms with E-state index >= 15 is 0 Å². The molecule has 4 N–H and O–H groups in total. The predicted molar refractivity (Wildman–Crippen MR) is 109 cm³/mol. The molecule has 1 aromatic carbocycles. The first-order valence-electron chi connectivity index (χ1n) is 9.73. The number of hydrogen-bond donors (Lipinski definition) is 4. The topological polar surface area (TPSA) is 110 Å². The lowest BCUT2D eigenvalue weighted by molar-refractivity contribution is 0.126. The fourth-order valence-electron chi connectivity index (χ4n) is 3.72. The van der Waals surface area contributed by atoms with E-state index in [9.17, 15) is 10.4 Å². The Labute approximate surface area is 163 Å². The molecule has 0 radical (unpaired) electrons. The summed E-state index contributed by atoms with van der Waals surface area (Å²) in [5, 5.41) is 26.9. The van der Waals surface area contributed by atoms with Crippen molar-refractivity contribution in [1.29, 1.82) is 5.26 Å². The third-order valence-corrected chi connectivity index (χ3v) is 5.30. The van der Waals surface area contributed by atoms with E-state index in [1.54, 1.807) is 6.20 Å².